The van der Waals surface area contributed by atoms with Gasteiger partial charge in [-0.1, -0.05) is 12.1 Å². The lowest BCUT2D eigenvalue weighted by molar-refractivity contribution is -0.131. The number of rotatable bonds is 4. The molecule has 134 valence electrons. The zero-order chi connectivity index (χ0) is 18.0. The van der Waals surface area contributed by atoms with Gasteiger partial charge in [-0.2, -0.15) is 0 Å². The first kappa shape index (κ1) is 17.9. The molecule has 0 spiro atoms. The number of piperazine rings is 1. The molecular weight excluding hydrogens is 330 g/mol. The van der Waals surface area contributed by atoms with Crippen LogP contribution in [0.2, 0.25) is 0 Å². The van der Waals surface area contributed by atoms with Crippen molar-refractivity contribution in [2.24, 2.45) is 0 Å². The average Bonchev–Trinajstić information content (AvgIpc) is 2.93. The Hall–Kier alpha value is -1.88. The third kappa shape index (κ3) is 4.03. The van der Waals surface area contributed by atoms with Crippen LogP contribution in [0.15, 0.2) is 18.2 Å². The molecule has 1 aromatic heterocycles. The Kier molecular flexibility index (Phi) is 5.42. The molecule has 1 aliphatic rings. The van der Waals surface area contributed by atoms with E-state index in [0.717, 1.165) is 43.3 Å². The second-order valence-corrected chi connectivity index (χ2v) is 8.12. The third-order valence-electron chi connectivity index (χ3n) is 5.17. The zero-order valence-corrected chi connectivity index (χ0v) is 16.4. The van der Waals surface area contributed by atoms with Crippen molar-refractivity contribution >= 4 is 22.9 Å². The number of aryl methyl sites for hydroxylation is 4. The molecule has 3 rings (SSSR count). The average molecular weight is 358 g/mol. The molecule has 1 aromatic carbocycles. The van der Waals surface area contributed by atoms with E-state index < -0.39 is 0 Å². The van der Waals surface area contributed by atoms with Gasteiger partial charge >= 0.3 is 0 Å². The lowest BCUT2D eigenvalue weighted by Crippen LogP contribution is -2.49. The topological polar surface area (TPSA) is 36.4 Å². The summed E-state index contributed by atoms with van der Waals surface area (Å²) in [5.74, 6) is 0.256. The lowest BCUT2D eigenvalue weighted by Gasteiger charge is -2.37. The first-order chi connectivity index (χ1) is 12.0. The molecule has 0 saturated carbocycles. The highest BCUT2D eigenvalue weighted by Crippen LogP contribution is 2.24. The van der Waals surface area contributed by atoms with Crippen molar-refractivity contribution in [1.29, 1.82) is 0 Å². The maximum absolute atomic E-state index is 12.5. The largest absolute Gasteiger partial charge is 0.368 e. The van der Waals surface area contributed by atoms with E-state index in [9.17, 15) is 4.79 Å². The highest BCUT2D eigenvalue weighted by atomic mass is 32.1. The van der Waals surface area contributed by atoms with E-state index in [0.29, 0.717) is 6.42 Å². The summed E-state index contributed by atoms with van der Waals surface area (Å²) in [7, 11) is 0. The Morgan fingerprint density at radius 3 is 2.48 bits per heavy atom. The molecule has 1 aliphatic heterocycles. The fourth-order valence-corrected chi connectivity index (χ4v) is 4.23. The van der Waals surface area contributed by atoms with Crippen molar-refractivity contribution in [3.05, 3.63) is 44.9 Å². The van der Waals surface area contributed by atoms with E-state index in [-0.39, 0.29) is 5.91 Å². The van der Waals surface area contributed by atoms with Crippen LogP contribution in [0.25, 0.3) is 0 Å². The van der Waals surface area contributed by atoms with Gasteiger partial charge in [0.1, 0.15) is 0 Å². The summed E-state index contributed by atoms with van der Waals surface area (Å²) < 4.78 is 0. The van der Waals surface area contributed by atoms with Crippen LogP contribution >= 0.6 is 11.3 Å². The minimum Gasteiger partial charge on any atom is -0.368 e. The van der Waals surface area contributed by atoms with Gasteiger partial charge in [0, 0.05) is 49.6 Å². The van der Waals surface area contributed by atoms with Crippen LogP contribution < -0.4 is 4.90 Å². The number of thiazole rings is 1. The fraction of sp³-hybridized carbons (Fsp3) is 0.500. The molecule has 0 N–H and O–H groups in total. The lowest BCUT2D eigenvalue weighted by atomic mass is 10.1. The van der Waals surface area contributed by atoms with E-state index in [1.165, 1.54) is 21.7 Å². The van der Waals surface area contributed by atoms with Crippen molar-refractivity contribution in [3.63, 3.8) is 0 Å². The zero-order valence-electron chi connectivity index (χ0n) is 15.6. The van der Waals surface area contributed by atoms with Crippen LogP contribution in [-0.2, 0) is 11.2 Å². The number of hydrogen-bond donors (Lipinski definition) is 0. The molecule has 0 bridgehead atoms. The first-order valence-corrected chi connectivity index (χ1v) is 9.79. The fourth-order valence-electron chi connectivity index (χ4n) is 3.29. The summed E-state index contributed by atoms with van der Waals surface area (Å²) in [5.41, 5.74) is 5.07. The van der Waals surface area contributed by atoms with Crippen molar-refractivity contribution in [1.82, 2.24) is 9.88 Å². The molecule has 4 nitrogen and oxygen atoms in total. The Morgan fingerprint density at radius 1 is 1.12 bits per heavy atom. The van der Waals surface area contributed by atoms with Crippen molar-refractivity contribution in [2.45, 2.75) is 40.5 Å². The molecule has 2 aromatic rings. The van der Waals surface area contributed by atoms with Gasteiger partial charge in [0.15, 0.2) is 0 Å². The normalized spacial score (nSPS) is 14.9. The van der Waals surface area contributed by atoms with Crippen molar-refractivity contribution in [2.75, 3.05) is 31.1 Å². The Balaban J connectivity index is 1.53. The number of aromatic nitrogens is 1. The van der Waals surface area contributed by atoms with Crippen LogP contribution in [0, 0.1) is 27.7 Å². The minimum absolute atomic E-state index is 0.256. The number of anilines is 1. The molecule has 2 heterocycles. The summed E-state index contributed by atoms with van der Waals surface area (Å²) in [6.07, 6.45) is 1.32. The number of amides is 1. The molecule has 1 amide bonds. The Labute approximate surface area is 154 Å². The van der Waals surface area contributed by atoms with Gasteiger partial charge in [-0.15, -0.1) is 11.3 Å². The second kappa shape index (κ2) is 7.56. The summed E-state index contributed by atoms with van der Waals surface area (Å²) in [5, 5.41) is 1.08. The predicted molar refractivity (Wildman–Crippen MR) is 105 cm³/mol. The molecule has 1 fully saturated rings. The third-order valence-corrected chi connectivity index (χ3v) is 6.31. The first-order valence-electron chi connectivity index (χ1n) is 8.97. The number of benzene rings is 1. The van der Waals surface area contributed by atoms with E-state index in [4.69, 9.17) is 0 Å². The smallest absolute Gasteiger partial charge is 0.223 e. The molecular formula is C20H27N3OS. The van der Waals surface area contributed by atoms with Crippen LogP contribution in [0.4, 0.5) is 5.69 Å². The predicted octanol–water partition coefficient (Wildman–Crippen LogP) is 3.66. The maximum atomic E-state index is 12.5. The summed E-state index contributed by atoms with van der Waals surface area (Å²) in [4.78, 5) is 22.7. The van der Waals surface area contributed by atoms with Gasteiger partial charge in [0.05, 0.1) is 10.7 Å². The van der Waals surface area contributed by atoms with Crippen molar-refractivity contribution < 1.29 is 4.79 Å². The summed E-state index contributed by atoms with van der Waals surface area (Å²) in [6, 6.07) is 6.46. The van der Waals surface area contributed by atoms with E-state index in [2.05, 4.69) is 48.9 Å². The Morgan fingerprint density at radius 2 is 1.84 bits per heavy atom. The van der Waals surface area contributed by atoms with Crippen molar-refractivity contribution in [3.8, 4) is 0 Å². The van der Waals surface area contributed by atoms with Gasteiger partial charge in [-0.05, 0) is 44.9 Å². The SMILES string of the molecule is Cc1cccc(N2CCN(C(=O)CCc3nc(C)c(C)s3)CC2)c1C. The van der Waals surface area contributed by atoms with E-state index in [1.807, 2.05) is 11.8 Å². The number of nitrogens with zero attached hydrogens (tertiary/aromatic N) is 3. The van der Waals surface area contributed by atoms with Crippen LogP contribution in [0.5, 0.6) is 0 Å². The van der Waals surface area contributed by atoms with Gasteiger partial charge in [0.2, 0.25) is 5.91 Å². The van der Waals surface area contributed by atoms with Gasteiger partial charge < -0.3 is 9.80 Å². The van der Waals surface area contributed by atoms with Crippen LogP contribution in [-0.4, -0.2) is 42.0 Å². The molecule has 25 heavy (non-hydrogen) atoms. The summed E-state index contributed by atoms with van der Waals surface area (Å²) >= 11 is 1.71. The second-order valence-electron chi connectivity index (χ2n) is 6.84. The Bertz CT molecular complexity index is 741. The quantitative estimate of drug-likeness (QED) is 0.838. The van der Waals surface area contributed by atoms with Gasteiger partial charge in [0.25, 0.3) is 0 Å². The maximum Gasteiger partial charge on any atom is 0.223 e. The van der Waals surface area contributed by atoms with Crippen LogP contribution in [0.1, 0.15) is 33.1 Å². The van der Waals surface area contributed by atoms with Gasteiger partial charge in [-0.3, -0.25) is 4.79 Å². The summed E-state index contributed by atoms with van der Waals surface area (Å²) in [6.45, 7) is 11.9. The molecule has 0 aliphatic carbocycles. The minimum atomic E-state index is 0.256. The standard InChI is InChI=1S/C20H27N3OS/c1-14-6-5-7-18(15(14)2)22-10-12-23(13-11-22)20(24)9-8-19-21-16(3)17(4)25-19/h5-7H,8-13H2,1-4H3. The molecule has 5 heteroatoms. The van der Waals surface area contributed by atoms with Gasteiger partial charge in [-0.25, -0.2) is 4.98 Å². The molecule has 1 saturated heterocycles. The molecule has 0 radical (unpaired) electrons. The monoisotopic (exact) mass is 357 g/mol. The number of hydrogen-bond acceptors (Lipinski definition) is 4. The van der Waals surface area contributed by atoms with E-state index in [1.54, 1.807) is 11.3 Å². The highest BCUT2D eigenvalue weighted by molar-refractivity contribution is 7.11. The number of carbonyl (C=O) groups is 1. The molecule has 0 unspecified atom stereocenters. The number of carbonyl (C=O) groups excluding carboxylic acids is 1. The molecule has 0 atom stereocenters. The highest BCUT2D eigenvalue weighted by Gasteiger charge is 2.22. The van der Waals surface area contributed by atoms with E-state index >= 15 is 0 Å². The van der Waals surface area contributed by atoms with Crippen LogP contribution in [0.3, 0.4) is 0 Å².